The van der Waals surface area contributed by atoms with Gasteiger partial charge in [0.15, 0.2) is 0 Å². The lowest BCUT2D eigenvalue weighted by Crippen LogP contribution is -2.05. The normalized spacial score (nSPS) is 18.7. The van der Waals surface area contributed by atoms with Crippen LogP contribution in [0, 0.1) is 0 Å². The molecule has 8 heteroatoms. The Kier molecular flexibility index (Phi) is 6.46. The molecule has 2 saturated heterocycles. The fourth-order valence-electron chi connectivity index (χ4n) is 4.92. The van der Waals surface area contributed by atoms with Crippen molar-refractivity contribution in [3.63, 3.8) is 0 Å². The van der Waals surface area contributed by atoms with E-state index < -0.39 is 0 Å². The molecule has 7 heterocycles. The molecule has 2 fully saturated rings. The summed E-state index contributed by atoms with van der Waals surface area (Å²) in [6.07, 6.45) is 11.3. The van der Waals surface area contributed by atoms with Crippen LogP contribution in [0.15, 0.2) is 36.4 Å². The second-order valence-corrected chi connectivity index (χ2v) is 14.6. The number of nitrogens with one attached hydrogen (secondary N) is 2. The first-order valence-corrected chi connectivity index (χ1v) is 16.6. The summed E-state index contributed by atoms with van der Waals surface area (Å²) in [7, 11) is 0. The summed E-state index contributed by atoms with van der Waals surface area (Å²) >= 11 is 8.16. The summed E-state index contributed by atoms with van der Waals surface area (Å²) in [4.78, 5) is 17.6. The molecule has 0 amide bonds. The maximum absolute atomic E-state index is 5.32. The zero-order valence-corrected chi connectivity index (χ0v) is 23.0. The quantitative estimate of drug-likeness (QED) is 0.232. The standard InChI is InChI=1S/C28H26N4S4/c1-11-33-27(34-12-1)25-21-7-5-19(30-21)15-17-3-4-18(29-17)16-20-6-8-22(31-20)26(24-10-9-23(25)32-24)28-35-13-2-14-36-28/h3-10,15-16,27-30H,1-2,11-14H2. The number of hydrogen-bond donors (Lipinski definition) is 2. The molecule has 2 N–H and O–H groups in total. The lowest BCUT2D eigenvalue weighted by atomic mass is 10.2. The van der Waals surface area contributed by atoms with Gasteiger partial charge in [-0.15, -0.1) is 47.0 Å². The Morgan fingerprint density at radius 1 is 0.583 bits per heavy atom. The van der Waals surface area contributed by atoms with Gasteiger partial charge in [0, 0.05) is 33.2 Å². The van der Waals surface area contributed by atoms with Gasteiger partial charge in [0.05, 0.1) is 31.9 Å². The van der Waals surface area contributed by atoms with Gasteiger partial charge in [-0.1, -0.05) is 0 Å². The van der Waals surface area contributed by atoms with E-state index in [1.54, 1.807) is 0 Å². The molecule has 0 radical (unpaired) electrons. The summed E-state index contributed by atoms with van der Waals surface area (Å²) in [5, 5.41) is 0. The smallest absolute Gasteiger partial charge is 0.0793 e. The number of thioether (sulfide) groups is 4. The van der Waals surface area contributed by atoms with Crippen LogP contribution < -0.4 is 0 Å². The molecule has 7 rings (SSSR count). The van der Waals surface area contributed by atoms with Gasteiger partial charge in [0.1, 0.15) is 0 Å². The maximum Gasteiger partial charge on any atom is 0.0793 e. The second kappa shape index (κ2) is 10.0. The van der Waals surface area contributed by atoms with Crippen LogP contribution in [0.3, 0.4) is 0 Å². The Hall–Kier alpha value is -2.00. The number of fused-ring (bicyclic) bond motifs is 8. The van der Waals surface area contributed by atoms with Crippen molar-refractivity contribution in [1.82, 2.24) is 19.9 Å². The third-order valence-electron chi connectivity index (χ3n) is 6.60. The Morgan fingerprint density at radius 2 is 1.14 bits per heavy atom. The Bertz CT molecular complexity index is 1520. The highest BCUT2D eigenvalue weighted by molar-refractivity contribution is 8.17. The highest BCUT2D eigenvalue weighted by atomic mass is 32.2. The van der Waals surface area contributed by atoms with Gasteiger partial charge in [-0.2, -0.15) is 0 Å². The van der Waals surface area contributed by atoms with Gasteiger partial charge in [0.25, 0.3) is 0 Å². The van der Waals surface area contributed by atoms with E-state index in [4.69, 9.17) is 9.97 Å². The molecule has 0 aliphatic carbocycles. The lowest BCUT2D eigenvalue weighted by Gasteiger charge is -2.22. The molecule has 0 unspecified atom stereocenters. The van der Waals surface area contributed by atoms with Gasteiger partial charge < -0.3 is 9.97 Å². The van der Waals surface area contributed by atoms with E-state index in [1.807, 2.05) is 47.0 Å². The van der Waals surface area contributed by atoms with E-state index in [-0.39, 0.29) is 0 Å². The SMILES string of the molecule is C1=Cc2nc1cc1ccc(cc3ccc([nH]3)c(C3SCCCS3)c3nc(c2C2SCCCS2)C=C3)[nH]1. The van der Waals surface area contributed by atoms with Crippen LogP contribution in [0.4, 0.5) is 0 Å². The summed E-state index contributed by atoms with van der Waals surface area (Å²) in [6.45, 7) is 0. The molecule has 182 valence electrons. The molecule has 0 aromatic carbocycles. The van der Waals surface area contributed by atoms with Gasteiger partial charge in [-0.3, -0.25) is 0 Å². The van der Waals surface area contributed by atoms with E-state index >= 15 is 0 Å². The Morgan fingerprint density at radius 3 is 1.89 bits per heavy atom. The number of H-pyrrole nitrogens is 2. The van der Waals surface area contributed by atoms with Crippen LogP contribution in [0.25, 0.3) is 46.4 Å². The molecule has 8 bridgehead atoms. The molecule has 0 saturated carbocycles. The van der Waals surface area contributed by atoms with Crippen LogP contribution in [0.1, 0.15) is 55.9 Å². The van der Waals surface area contributed by atoms with E-state index in [9.17, 15) is 0 Å². The molecule has 0 atom stereocenters. The van der Waals surface area contributed by atoms with Crippen LogP contribution in [0.5, 0.6) is 0 Å². The fraction of sp³-hybridized carbons (Fsp3) is 0.286. The third-order valence-corrected chi connectivity index (χ3v) is 12.5. The number of nitrogens with zero attached hydrogens (tertiary/aromatic N) is 2. The maximum atomic E-state index is 5.32. The van der Waals surface area contributed by atoms with Crippen molar-refractivity contribution in [1.29, 1.82) is 0 Å². The summed E-state index contributed by atoms with van der Waals surface area (Å²) in [5.74, 6) is 4.77. The van der Waals surface area contributed by atoms with Crippen LogP contribution in [-0.2, 0) is 0 Å². The average Bonchev–Trinajstić information content (AvgIpc) is 3.72. The van der Waals surface area contributed by atoms with E-state index in [0.717, 1.165) is 39.3 Å². The number of hydrogen-bond acceptors (Lipinski definition) is 6. The van der Waals surface area contributed by atoms with Crippen molar-refractivity contribution < 1.29 is 0 Å². The predicted molar refractivity (Wildman–Crippen MR) is 163 cm³/mol. The molecule has 36 heavy (non-hydrogen) atoms. The summed E-state index contributed by atoms with van der Waals surface area (Å²) in [6, 6.07) is 12.9. The molecular formula is C28H26N4S4. The first-order valence-electron chi connectivity index (χ1n) is 12.4. The Labute approximate surface area is 227 Å². The largest absolute Gasteiger partial charge is 0.355 e. The molecular weight excluding hydrogens is 521 g/mol. The van der Waals surface area contributed by atoms with Gasteiger partial charge in [-0.25, -0.2) is 9.97 Å². The van der Waals surface area contributed by atoms with Crippen LogP contribution in [-0.4, -0.2) is 42.9 Å². The Balaban J connectivity index is 1.54. The van der Waals surface area contributed by atoms with Crippen molar-refractivity contribution >= 4 is 93.4 Å². The molecule has 4 aliphatic heterocycles. The van der Waals surface area contributed by atoms with E-state index in [0.29, 0.717) is 9.16 Å². The number of aromatic amines is 2. The zero-order valence-electron chi connectivity index (χ0n) is 19.7. The van der Waals surface area contributed by atoms with E-state index in [1.165, 1.54) is 52.5 Å². The number of aromatic nitrogens is 4. The lowest BCUT2D eigenvalue weighted by molar-refractivity contribution is 1.08. The van der Waals surface area contributed by atoms with Crippen molar-refractivity contribution in [2.75, 3.05) is 23.0 Å². The first kappa shape index (κ1) is 23.1. The molecule has 3 aromatic rings. The predicted octanol–water partition coefficient (Wildman–Crippen LogP) is 8.39. The third kappa shape index (κ3) is 4.57. The fourth-order valence-corrected chi connectivity index (χ4v) is 11.0. The minimum atomic E-state index is 0.355. The molecule has 3 aromatic heterocycles. The average molecular weight is 547 g/mol. The van der Waals surface area contributed by atoms with Crippen molar-refractivity contribution in [3.8, 4) is 0 Å². The van der Waals surface area contributed by atoms with Gasteiger partial charge in [-0.05, 0) is 96.6 Å². The molecule has 4 nitrogen and oxygen atoms in total. The summed E-state index contributed by atoms with van der Waals surface area (Å²) in [5.41, 5.74) is 11.1. The van der Waals surface area contributed by atoms with Crippen LogP contribution in [0.2, 0.25) is 0 Å². The number of rotatable bonds is 2. The van der Waals surface area contributed by atoms with Gasteiger partial charge in [0.2, 0.25) is 0 Å². The van der Waals surface area contributed by atoms with Crippen molar-refractivity contribution in [3.05, 3.63) is 70.3 Å². The van der Waals surface area contributed by atoms with Gasteiger partial charge >= 0.3 is 0 Å². The van der Waals surface area contributed by atoms with Crippen molar-refractivity contribution in [2.45, 2.75) is 22.0 Å². The monoisotopic (exact) mass is 546 g/mol. The topological polar surface area (TPSA) is 57.4 Å². The van der Waals surface area contributed by atoms with Crippen LogP contribution >= 0.6 is 47.0 Å². The minimum absolute atomic E-state index is 0.355. The minimum Gasteiger partial charge on any atom is -0.355 e. The highest BCUT2D eigenvalue weighted by Gasteiger charge is 2.26. The van der Waals surface area contributed by atoms with Crippen molar-refractivity contribution in [2.24, 2.45) is 0 Å². The second-order valence-electron chi connectivity index (χ2n) is 9.14. The summed E-state index contributed by atoms with van der Waals surface area (Å²) < 4.78 is 0.734. The molecule has 4 aliphatic rings. The first-order chi connectivity index (χ1) is 17.8. The highest BCUT2D eigenvalue weighted by Crippen LogP contribution is 2.48. The zero-order chi connectivity index (χ0) is 23.9. The molecule has 0 spiro atoms. The van der Waals surface area contributed by atoms with E-state index in [2.05, 4.69) is 70.7 Å².